The van der Waals surface area contributed by atoms with Crippen LogP contribution in [0.25, 0.3) is 0 Å². The predicted molar refractivity (Wildman–Crippen MR) is 119 cm³/mol. The minimum absolute atomic E-state index is 0.201. The van der Waals surface area contributed by atoms with Gasteiger partial charge in [0.05, 0.1) is 31.7 Å². The number of carbonyl (C=O) groups is 2. The van der Waals surface area contributed by atoms with Crippen LogP contribution < -0.4 is 20.2 Å². The molecule has 0 heterocycles. The van der Waals surface area contributed by atoms with Gasteiger partial charge >= 0.3 is 0 Å². The minimum atomic E-state index is -0.549. The zero-order chi connectivity index (χ0) is 23.1. The summed E-state index contributed by atoms with van der Waals surface area (Å²) in [6, 6.07) is 15.3. The van der Waals surface area contributed by atoms with Crippen LogP contribution in [0.2, 0.25) is 0 Å². The lowest BCUT2D eigenvalue weighted by Gasteiger charge is -2.12. The topological polar surface area (TPSA) is 129 Å². The van der Waals surface area contributed by atoms with Crippen LogP contribution in [0.15, 0.2) is 65.8 Å². The lowest BCUT2D eigenvalue weighted by atomic mass is 10.1. The number of hydrogen-bond donors (Lipinski definition) is 4. The van der Waals surface area contributed by atoms with Crippen molar-refractivity contribution in [3.05, 3.63) is 77.4 Å². The molecule has 2 amide bonds. The van der Waals surface area contributed by atoms with E-state index >= 15 is 0 Å². The summed E-state index contributed by atoms with van der Waals surface area (Å²) >= 11 is 0. The summed E-state index contributed by atoms with van der Waals surface area (Å²) in [6.07, 6.45) is 1.31. The number of para-hydroxylation sites is 1. The molecule has 0 bridgehead atoms. The van der Waals surface area contributed by atoms with Crippen molar-refractivity contribution in [3.8, 4) is 23.0 Å². The second kappa shape index (κ2) is 9.98. The molecule has 0 atom stereocenters. The second-order valence-electron chi connectivity index (χ2n) is 6.52. The van der Waals surface area contributed by atoms with Crippen LogP contribution in [0.4, 0.5) is 5.69 Å². The quantitative estimate of drug-likeness (QED) is 0.256. The number of anilines is 1. The largest absolute Gasteiger partial charge is 0.504 e. The first-order chi connectivity index (χ1) is 15.4. The number of rotatable bonds is 7. The van der Waals surface area contributed by atoms with Crippen molar-refractivity contribution in [1.29, 1.82) is 0 Å². The van der Waals surface area contributed by atoms with Crippen molar-refractivity contribution < 1.29 is 29.3 Å². The summed E-state index contributed by atoms with van der Waals surface area (Å²) in [7, 11) is 2.97. The third-order valence-electron chi connectivity index (χ3n) is 4.44. The number of phenolic OH excluding ortho intramolecular Hbond substituents is 2. The molecule has 3 aromatic rings. The number of hydrogen-bond acceptors (Lipinski definition) is 7. The van der Waals surface area contributed by atoms with Crippen LogP contribution in [0.1, 0.15) is 26.3 Å². The monoisotopic (exact) mass is 435 g/mol. The number of phenols is 2. The van der Waals surface area contributed by atoms with Gasteiger partial charge in [-0.2, -0.15) is 5.10 Å². The van der Waals surface area contributed by atoms with E-state index in [1.807, 2.05) is 0 Å². The van der Waals surface area contributed by atoms with Crippen LogP contribution in [-0.2, 0) is 0 Å². The highest BCUT2D eigenvalue weighted by molar-refractivity contribution is 6.09. The molecule has 0 aliphatic heterocycles. The Hall–Kier alpha value is -4.53. The molecule has 0 unspecified atom stereocenters. The summed E-state index contributed by atoms with van der Waals surface area (Å²) in [4.78, 5) is 25.3. The molecule has 32 heavy (non-hydrogen) atoms. The number of methoxy groups -OCH3 is 2. The van der Waals surface area contributed by atoms with Crippen LogP contribution >= 0.6 is 0 Å². The fraction of sp³-hybridized carbons (Fsp3) is 0.0870. The number of ether oxygens (including phenoxy) is 2. The zero-order valence-corrected chi connectivity index (χ0v) is 17.3. The lowest BCUT2D eigenvalue weighted by molar-refractivity contribution is 0.0956. The number of nitrogens with one attached hydrogen (secondary N) is 2. The highest BCUT2D eigenvalue weighted by Gasteiger charge is 2.15. The van der Waals surface area contributed by atoms with Crippen LogP contribution in [0.3, 0.4) is 0 Å². The maximum Gasteiger partial charge on any atom is 0.273 e. The Morgan fingerprint density at radius 2 is 1.62 bits per heavy atom. The summed E-state index contributed by atoms with van der Waals surface area (Å²) in [6.45, 7) is 0. The van der Waals surface area contributed by atoms with E-state index in [4.69, 9.17) is 9.47 Å². The number of hydrazone groups is 1. The van der Waals surface area contributed by atoms with Gasteiger partial charge < -0.3 is 25.0 Å². The Morgan fingerprint density at radius 1 is 0.875 bits per heavy atom. The third kappa shape index (κ3) is 5.14. The number of carbonyl (C=O) groups excluding carboxylic acids is 2. The molecular formula is C23H21N3O6. The lowest BCUT2D eigenvalue weighted by Crippen LogP contribution is -2.21. The van der Waals surface area contributed by atoms with Crippen molar-refractivity contribution in [2.24, 2.45) is 5.10 Å². The molecule has 3 aromatic carbocycles. The number of benzene rings is 3. The molecule has 0 fully saturated rings. The Balaban J connectivity index is 1.73. The smallest absolute Gasteiger partial charge is 0.273 e. The van der Waals surface area contributed by atoms with Crippen LogP contribution in [0, 0.1) is 0 Å². The SMILES string of the molecule is COc1ccc(C(=O)Nc2ccccc2C(=O)NN=Cc2ccc(O)c(O)c2)cc1OC. The average Bonchev–Trinajstić information content (AvgIpc) is 2.81. The molecule has 9 nitrogen and oxygen atoms in total. The van der Waals surface area contributed by atoms with Gasteiger partial charge in [0.2, 0.25) is 0 Å². The van der Waals surface area contributed by atoms with E-state index in [2.05, 4.69) is 15.8 Å². The molecule has 0 aromatic heterocycles. The summed E-state index contributed by atoms with van der Waals surface area (Å²) in [5.41, 5.74) is 3.65. The Kier molecular flexibility index (Phi) is 6.92. The van der Waals surface area contributed by atoms with Gasteiger partial charge in [0.15, 0.2) is 23.0 Å². The fourth-order valence-corrected chi connectivity index (χ4v) is 2.81. The zero-order valence-electron chi connectivity index (χ0n) is 17.3. The molecule has 3 rings (SSSR count). The van der Waals surface area contributed by atoms with E-state index in [-0.39, 0.29) is 17.1 Å². The summed E-state index contributed by atoms with van der Waals surface area (Å²) in [5.74, 6) is -0.653. The molecule has 164 valence electrons. The van der Waals surface area contributed by atoms with E-state index in [0.29, 0.717) is 28.3 Å². The minimum Gasteiger partial charge on any atom is -0.504 e. The normalized spacial score (nSPS) is 10.6. The van der Waals surface area contributed by atoms with E-state index < -0.39 is 11.8 Å². The first kappa shape index (κ1) is 22.2. The molecule has 0 saturated heterocycles. The standard InChI is InChI=1S/C23H21N3O6/c1-31-20-10-8-15(12-21(20)32-2)22(29)25-17-6-4-3-5-16(17)23(30)26-24-13-14-7-9-18(27)19(28)11-14/h3-13,27-28H,1-2H3,(H,25,29)(H,26,30). The van der Waals surface area contributed by atoms with E-state index in [9.17, 15) is 19.8 Å². The summed E-state index contributed by atoms with van der Waals surface area (Å²) in [5, 5.41) is 25.4. The maximum atomic E-state index is 12.7. The van der Waals surface area contributed by atoms with Crippen molar-refractivity contribution in [3.63, 3.8) is 0 Å². The fourth-order valence-electron chi connectivity index (χ4n) is 2.81. The van der Waals surface area contributed by atoms with Gasteiger partial charge in [0.25, 0.3) is 11.8 Å². The van der Waals surface area contributed by atoms with Crippen LogP contribution in [-0.4, -0.2) is 42.5 Å². The van der Waals surface area contributed by atoms with Gasteiger partial charge in [0, 0.05) is 5.56 Å². The van der Waals surface area contributed by atoms with Crippen molar-refractivity contribution in [2.75, 3.05) is 19.5 Å². The molecule has 0 spiro atoms. The molecule has 9 heteroatoms. The molecular weight excluding hydrogens is 414 g/mol. The van der Waals surface area contributed by atoms with E-state index in [0.717, 1.165) is 0 Å². The van der Waals surface area contributed by atoms with Gasteiger partial charge in [0.1, 0.15) is 0 Å². The van der Waals surface area contributed by atoms with E-state index in [1.165, 1.54) is 44.7 Å². The van der Waals surface area contributed by atoms with Gasteiger partial charge in [-0.15, -0.1) is 0 Å². The Bertz CT molecular complexity index is 1180. The number of nitrogens with zero attached hydrogens (tertiary/aromatic N) is 1. The third-order valence-corrected chi connectivity index (χ3v) is 4.44. The first-order valence-corrected chi connectivity index (χ1v) is 9.40. The highest BCUT2D eigenvalue weighted by atomic mass is 16.5. The molecule has 0 aliphatic carbocycles. The number of aromatic hydroxyl groups is 2. The average molecular weight is 435 g/mol. The van der Waals surface area contributed by atoms with Crippen molar-refractivity contribution >= 4 is 23.7 Å². The first-order valence-electron chi connectivity index (χ1n) is 9.40. The summed E-state index contributed by atoms with van der Waals surface area (Å²) < 4.78 is 10.4. The van der Waals surface area contributed by atoms with Crippen molar-refractivity contribution in [1.82, 2.24) is 5.43 Å². The van der Waals surface area contributed by atoms with Gasteiger partial charge in [-0.3, -0.25) is 9.59 Å². The van der Waals surface area contributed by atoms with Gasteiger partial charge in [-0.1, -0.05) is 12.1 Å². The Labute approximate surface area is 183 Å². The molecule has 0 radical (unpaired) electrons. The molecule has 0 aliphatic rings. The maximum absolute atomic E-state index is 12.7. The molecule has 0 saturated carbocycles. The Morgan fingerprint density at radius 3 is 2.34 bits per heavy atom. The van der Waals surface area contributed by atoms with Gasteiger partial charge in [-0.05, 0) is 54.1 Å². The second-order valence-corrected chi connectivity index (χ2v) is 6.52. The van der Waals surface area contributed by atoms with Crippen LogP contribution in [0.5, 0.6) is 23.0 Å². The van der Waals surface area contributed by atoms with Gasteiger partial charge in [-0.25, -0.2) is 5.43 Å². The highest BCUT2D eigenvalue weighted by Crippen LogP contribution is 2.28. The van der Waals surface area contributed by atoms with E-state index in [1.54, 1.807) is 36.4 Å². The molecule has 4 N–H and O–H groups in total. The number of amides is 2. The van der Waals surface area contributed by atoms with Crippen molar-refractivity contribution in [2.45, 2.75) is 0 Å². The predicted octanol–water partition coefficient (Wildman–Crippen LogP) is 3.13.